The Kier molecular flexibility index (Phi) is 3.18. The van der Waals surface area contributed by atoms with Crippen LogP contribution in [0.4, 0.5) is 0 Å². The van der Waals surface area contributed by atoms with Crippen LogP contribution in [0.15, 0.2) is 24.3 Å². The second kappa shape index (κ2) is 4.62. The number of rotatable bonds is 3. The highest BCUT2D eigenvalue weighted by Crippen LogP contribution is 2.36. The summed E-state index contributed by atoms with van der Waals surface area (Å²) in [5.74, 6) is -0.404. The molecule has 1 N–H and O–H groups in total. The Labute approximate surface area is 101 Å². The molecule has 0 radical (unpaired) electrons. The van der Waals surface area contributed by atoms with Crippen LogP contribution in [-0.2, 0) is 11.2 Å². The predicted molar refractivity (Wildman–Crippen MR) is 66.1 cm³/mol. The molecule has 1 atom stereocenters. The van der Waals surface area contributed by atoms with Gasteiger partial charge in [0.15, 0.2) is 0 Å². The molecule has 0 spiro atoms. The number of benzene rings is 1. The molecule has 17 heavy (non-hydrogen) atoms. The van der Waals surface area contributed by atoms with E-state index < -0.39 is 11.9 Å². The highest BCUT2D eigenvalue weighted by atomic mass is 16.5. The Morgan fingerprint density at radius 1 is 1.47 bits per heavy atom. The standard InChI is InChI=1S/C14H16O3/c1-9(14(15)16)10-5-3-7-12-11(10)6-4-8-13(12)17-2/h4-6,8-9H,3,7H2,1-2H3,(H,15,16). The maximum absolute atomic E-state index is 11.1. The topological polar surface area (TPSA) is 46.5 Å². The van der Waals surface area contributed by atoms with Crippen molar-refractivity contribution in [2.45, 2.75) is 19.8 Å². The maximum Gasteiger partial charge on any atom is 0.310 e. The zero-order valence-electron chi connectivity index (χ0n) is 10.1. The number of hydrogen-bond acceptors (Lipinski definition) is 2. The largest absolute Gasteiger partial charge is 0.496 e. The molecular weight excluding hydrogens is 216 g/mol. The highest BCUT2D eigenvalue weighted by molar-refractivity contribution is 5.88. The van der Waals surface area contributed by atoms with Crippen LogP contribution in [0.5, 0.6) is 5.75 Å². The molecule has 1 aromatic carbocycles. The molecule has 3 heteroatoms. The molecule has 90 valence electrons. The van der Waals surface area contributed by atoms with Crippen LogP contribution >= 0.6 is 0 Å². The summed E-state index contributed by atoms with van der Waals surface area (Å²) in [4.78, 5) is 11.1. The van der Waals surface area contributed by atoms with Crippen LogP contribution in [0, 0.1) is 5.92 Å². The first-order valence-corrected chi connectivity index (χ1v) is 5.74. The molecule has 0 saturated carbocycles. The minimum atomic E-state index is -0.785. The summed E-state index contributed by atoms with van der Waals surface area (Å²) in [6.45, 7) is 1.72. The van der Waals surface area contributed by atoms with E-state index in [-0.39, 0.29) is 0 Å². The summed E-state index contributed by atoms with van der Waals surface area (Å²) in [5.41, 5.74) is 3.05. The van der Waals surface area contributed by atoms with E-state index in [9.17, 15) is 4.79 Å². The molecule has 1 aliphatic rings. The molecular formula is C14H16O3. The summed E-state index contributed by atoms with van der Waals surface area (Å²) in [6.07, 6.45) is 3.82. The average Bonchev–Trinajstić information content (AvgIpc) is 2.36. The van der Waals surface area contributed by atoms with Gasteiger partial charge >= 0.3 is 5.97 Å². The Morgan fingerprint density at radius 3 is 2.88 bits per heavy atom. The summed E-state index contributed by atoms with van der Waals surface area (Å²) in [7, 11) is 1.65. The molecule has 0 fully saturated rings. The van der Waals surface area contributed by atoms with Crippen LogP contribution < -0.4 is 4.74 Å². The first kappa shape index (κ1) is 11.7. The fraction of sp³-hybridized carbons (Fsp3) is 0.357. The normalized spacial score (nSPS) is 15.8. The van der Waals surface area contributed by atoms with E-state index in [2.05, 4.69) is 0 Å². The Morgan fingerprint density at radius 2 is 2.24 bits per heavy atom. The van der Waals surface area contributed by atoms with Crippen molar-refractivity contribution < 1.29 is 14.6 Å². The van der Waals surface area contributed by atoms with Gasteiger partial charge < -0.3 is 9.84 Å². The fourth-order valence-corrected chi connectivity index (χ4v) is 2.31. The Hall–Kier alpha value is -1.77. The number of allylic oxidation sites excluding steroid dienone is 1. The van der Waals surface area contributed by atoms with Crippen molar-refractivity contribution in [3.63, 3.8) is 0 Å². The second-order valence-corrected chi connectivity index (χ2v) is 4.24. The van der Waals surface area contributed by atoms with Crippen LogP contribution in [-0.4, -0.2) is 18.2 Å². The van der Waals surface area contributed by atoms with Crippen molar-refractivity contribution in [3.8, 4) is 5.75 Å². The van der Waals surface area contributed by atoms with Crippen LogP contribution in [0.3, 0.4) is 0 Å². The van der Waals surface area contributed by atoms with Gasteiger partial charge in [-0.25, -0.2) is 0 Å². The maximum atomic E-state index is 11.1. The number of carboxylic acid groups (broad SMARTS) is 1. The molecule has 1 aromatic rings. The first-order chi connectivity index (χ1) is 8.15. The molecule has 0 amide bonds. The first-order valence-electron chi connectivity index (χ1n) is 5.74. The van der Waals surface area contributed by atoms with Crippen LogP contribution in [0.1, 0.15) is 24.5 Å². The van der Waals surface area contributed by atoms with Gasteiger partial charge in [0.1, 0.15) is 5.75 Å². The molecule has 0 aromatic heterocycles. The van der Waals surface area contributed by atoms with E-state index in [1.165, 1.54) is 0 Å². The number of fused-ring (bicyclic) bond motifs is 1. The predicted octanol–water partition coefficient (Wildman–Crippen LogP) is 2.75. The van der Waals surface area contributed by atoms with E-state index in [0.29, 0.717) is 0 Å². The lowest BCUT2D eigenvalue weighted by atomic mass is 9.84. The molecule has 0 bridgehead atoms. The van der Waals surface area contributed by atoms with Crippen molar-refractivity contribution in [1.29, 1.82) is 0 Å². The number of carboxylic acids is 1. The van der Waals surface area contributed by atoms with Gasteiger partial charge in [-0.1, -0.05) is 18.2 Å². The molecule has 0 saturated heterocycles. The van der Waals surface area contributed by atoms with Crippen LogP contribution in [0.25, 0.3) is 5.57 Å². The van der Waals surface area contributed by atoms with Gasteiger partial charge in [0.25, 0.3) is 0 Å². The van der Waals surface area contributed by atoms with Crippen molar-refractivity contribution in [2.75, 3.05) is 7.11 Å². The van der Waals surface area contributed by atoms with Gasteiger partial charge in [0, 0.05) is 5.56 Å². The minimum Gasteiger partial charge on any atom is -0.496 e. The third-order valence-corrected chi connectivity index (χ3v) is 3.26. The molecule has 0 aliphatic heterocycles. The lowest BCUT2D eigenvalue weighted by Crippen LogP contribution is -2.15. The fourth-order valence-electron chi connectivity index (χ4n) is 2.31. The van der Waals surface area contributed by atoms with Crippen molar-refractivity contribution in [1.82, 2.24) is 0 Å². The Balaban J connectivity index is 2.48. The van der Waals surface area contributed by atoms with E-state index in [1.54, 1.807) is 14.0 Å². The van der Waals surface area contributed by atoms with Gasteiger partial charge in [0.05, 0.1) is 13.0 Å². The number of ether oxygens (including phenoxy) is 1. The number of hydrogen-bond donors (Lipinski definition) is 1. The van der Waals surface area contributed by atoms with Crippen LogP contribution in [0.2, 0.25) is 0 Å². The quantitative estimate of drug-likeness (QED) is 0.871. The summed E-state index contributed by atoms with van der Waals surface area (Å²) >= 11 is 0. The third-order valence-electron chi connectivity index (χ3n) is 3.26. The lowest BCUT2D eigenvalue weighted by molar-refractivity contribution is -0.139. The average molecular weight is 232 g/mol. The van der Waals surface area contributed by atoms with Crippen molar-refractivity contribution in [3.05, 3.63) is 35.4 Å². The van der Waals surface area contributed by atoms with Gasteiger partial charge in [-0.2, -0.15) is 0 Å². The zero-order chi connectivity index (χ0) is 12.4. The number of aliphatic carboxylic acids is 1. The highest BCUT2D eigenvalue weighted by Gasteiger charge is 2.23. The van der Waals surface area contributed by atoms with E-state index in [4.69, 9.17) is 9.84 Å². The van der Waals surface area contributed by atoms with E-state index in [0.717, 1.165) is 35.3 Å². The van der Waals surface area contributed by atoms with Crippen molar-refractivity contribution in [2.24, 2.45) is 5.92 Å². The lowest BCUT2D eigenvalue weighted by Gasteiger charge is -2.22. The molecule has 1 unspecified atom stereocenters. The Bertz CT molecular complexity index is 474. The second-order valence-electron chi connectivity index (χ2n) is 4.24. The van der Waals surface area contributed by atoms with Gasteiger partial charge in [-0.3, -0.25) is 4.79 Å². The summed E-state index contributed by atoms with van der Waals surface area (Å²) < 4.78 is 5.33. The summed E-state index contributed by atoms with van der Waals surface area (Å²) in [5, 5.41) is 9.11. The smallest absolute Gasteiger partial charge is 0.310 e. The minimum absolute atomic E-state index is 0.471. The molecule has 0 heterocycles. The zero-order valence-corrected chi connectivity index (χ0v) is 10.1. The van der Waals surface area contributed by atoms with Gasteiger partial charge in [-0.15, -0.1) is 0 Å². The number of carbonyl (C=O) groups is 1. The molecule has 3 nitrogen and oxygen atoms in total. The van der Waals surface area contributed by atoms with Gasteiger partial charge in [-0.05, 0) is 37.0 Å². The molecule has 1 aliphatic carbocycles. The summed E-state index contributed by atoms with van der Waals surface area (Å²) in [6, 6.07) is 5.81. The number of methoxy groups -OCH3 is 1. The monoisotopic (exact) mass is 232 g/mol. The molecule has 2 rings (SSSR count). The SMILES string of the molecule is COc1cccc2c1CCC=C2C(C)C(=O)O. The van der Waals surface area contributed by atoms with E-state index in [1.807, 2.05) is 24.3 Å². The third kappa shape index (κ3) is 2.05. The van der Waals surface area contributed by atoms with Crippen molar-refractivity contribution >= 4 is 11.5 Å². The van der Waals surface area contributed by atoms with E-state index >= 15 is 0 Å². The van der Waals surface area contributed by atoms with Gasteiger partial charge in [0.2, 0.25) is 0 Å².